The number of pyridine rings is 1. The van der Waals surface area contributed by atoms with Crippen molar-refractivity contribution in [2.75, 3.05) is 6.54 Å². The van der Waals surface area contributed by atoms with Crippen LogP contribution in [0.4, 0.5) is 4.39 Å². The molecule has 3 aromatic rings. The Morgan fingerprint density at radius 3 is 2.76 bits per heavy atom. The molecule has 1 aliphatic heterocycles. The van der Waals surface area contributed by atoms with Crippen LogP contribution in [0.3, 0.4) is 0 Å². The molecule has 0 N–H and O–H groups in total. The lowest BCUT2D eigenvalue weighted by molar-refractivity contribution is -0.131. The lowest BCUT2D eigenvalue weighted by Gasteiger charge is -2.28. The molecule has 0 saturated heterocycles. The number of carbonyl (C=O) groups is 1. The number of ether oxygens (including phenoxy) is 1. The van der Waals surface area contributed by atoms with Gasteiger partial charge >= 0.3 is 0 Å². The molecule has 0 spiro atoms. The van der Waals surface area contributed by atoms with Crippen molar-refractivity contribution in [2.45, 2.75) is 39.5 Å². The van der Waals surface area contributed by atoms with Gasteiger partial charge in [-0.15, -0.1) is 0 Å². The molecule has 7 heteroatoms. The Balaban J connectivity index is 1.48. The van der Waals surface area contributed by atoms with Crippen LogP contribution in [0.2, 0.25) is 0 Å². The first-order valence-corrected chi connectivity index (χ1v) is 9.77. The molecular weight excluding hydrogens is 371 g/mol. The van der Waals surface area contributed by atoms with Crippen molar-refractivity contribution in [3.05, 3.63) is 77.0 Å². The fourth-order valence-electron chi connectivity index (χ4n) is 3.62. The number of amides is 1. The standard InChI is InChI=1S/C22H23FN4O2/c1-2-27-20-10-12-26(22(28)13-16-6-8-17(23)9-7-16)14-18(20)19(25-27)15-29-21-5-3-4-11-24-21/h3-9,11H,2,10,12-15H2,1H3. The van der Waals surface area contributed by atoms with Crippen LogP contribution in [0, 0.1) is 5.82 Å². The maximum absolute atomic E-state index is 13.1. The quantitative estimate of drug-likeness (QED) is 0.645. The highest BCUT2D eigenvalue weighted by Gasteiger charge is 2.27. The van der Waals surface area contributed by atoms with Crippen molar-refractivity contribution >= 4 is 5.91 Å². The highest BCUT2D eigenvalue weighted by Crippen LogP contribution is 2.24. The highest BCUT2D eigenvalue weighted by molar-refractivity contribution is 5.79. The summed E-state index contributed by atoms with van der Waals surface area (Å²) in [6.07, 6.45) is 2.71. The van der Waals surface area contributed by atoms with Crippen LogP contribution in [0.5, 0.6) is 5.88 Å². The number of halogens is 1. The average Bonchev–Trinajstić information content (AvgIpc) is 3.11. The van der Waals surface area contributed by atoms with Crippen molar-refractivity contribution in [1.82, 2.24) is 19.7 Å². The van der Waals surface area contributed by atoms with E-state index in [9.17, 15) is 9.18 Å². The fraction of sp³-hybridized carbons (Fsp3) is 0.318. The smallest absolute Gasteiger partial charge is 0.227 e. The van der Waals surface area contributed by atoms with E-state index in [1.165, 1.54) is 12.1 Å². The molecular formula is C22H23FN4O2. The van der Waals surface area contributed by atoms with Crippen molar-refractivity contribution in [2.24, 2.45) is 0 Å². The monoisotopic (exact) mass is 394 g/mol. The van der Waals surface area contributed by atoms with Gasteiger partial charge in [0.05, 0.1) is 6.42 Å². The summed E-state index contributed by atoms with van der Waals surface area (Å²) < 4.78 is 20.9. The molecule has 0 bridgehead atoms. The lowest BCUT2D eigenvalue weighted by atomic mass is 10.0. The first-order chi connectivity index (χ1) is 14.1. The van der Waals surface area contributed by atoms with Gasteiger partial charge in [0.15, 0.2) is 0 Å². The molecule has 4 rings (SSSR count). The van der Waals surface area contributed by atoms with Crippen LogP contribution >= 0.6 is 0 Å². The first-order valence-electron chi connectivity index (χ1n) is 9.77. The van der Waals surface area contributed by atoms with Gasteiger partial charge in [-0.2, -0.15) is 5.10 Å². The van der Waals surface area contributed by atoms with Crippen LogP contribution in [-0.2, 0) is 37.3 Å². The van der Waals surface area contributed by atoms with E-state index < -0.39 is 0 Å². The normalized spacial score (nSPS) is 13.2. The SMILES string of the molecule is CCn1nc(COc2ccccn2)c2c1CCN(C(=O)Cc1ccc(F)cc1)C2. The van der Waals surface area contributed by atoms with Gasteiger partial charge in [0.2, 0.25) is 11.8 Å². The minimum Gasteiger partial charge on any atom is -0.471 e. The predicted octanol–water partition coefficient (Wildman–Crippen LogP) is 3.14. The lowest BCUT2D eigenvalue weighted by Crippen LogP contribution is -2.37. The summed E-state index contributed by atoms with van der Waals surface area (Å²) in [4.78, 5) is 18.8. The first kappa shape index (κ1) is 19.1. The second-order valence-corrected chi connectivity index (χ2v) is 7.01. The summed E-state index contributed by atoms with van der Waals surface area (Å²) in [5.41, 5.74) is 3.87. The van der Waals surface area contributed by atoms with Gasteiger partial charge in [0.25, 0.3) is 0 Å². The van der Waals surface area contributed by atoms with Crippen molar-refractivity contribution in [3.63, 3.8) is 0 Å². The molecule has 29 heavy (non-hydrogen) atoms. The third-order valence-electron chi connectivity index (χ3n) is 5.13. The summed E-state index contributed by atoms with van der Waals surface area (Å²) in [5.74, 6) is 0.281. The fourth-order valence-corrected chi connectivity index (χ4v) is 3.62. The van der Waals surface area contributed by atoms with Gasteiger partial charge in [-0.05, 0) is 30.7 Å². The van der Waals surface area contributed by atoms with Crippen LogP contribution in [0.15, 0.2) is 48.7 Å². The van der Waals surface area contributed by atoms with Crippen molar-refractivity contribution in [3.8, 4) is 5.88 Å². The maximum Gasteiger partial charge on any atom is 0.227 e. The maximum atomic E-state index is 13.1. The van der Waals surface area contributed by atoms with E-state index in [4.69, 9.17) is 9.84 Å². The molecule has 0 radical (unpaired) electrons. The summed E-state index contributed by atoms with van der Waals surface area (Å²) in [6, 6.07) is 11.6. The zero-order valence-electron chi connectivity index (χ0n) is 16.3. The van der Waals surface area contributed by atoms with E-state index >= 15 is 0 Å². The molecule has 1 aromatic carbocycles. The zero-order chi connectivity index (χ0) is 20.2. The molecule has 150 valence electrons. The van der Waals surface area contributed by atoms with Gasteiger partial charge < -0.3 is 9.64 Å². The molecule has 0 unspecified atom stereocenters. The molecule has 0 aliphatic carbocycles. The summed E-state index contributed by atoms with van der Waals surface area (Å²) in [7, 11) is 0. The number of fused-ring (bicyclic) bond motifs is 1. The van der Waals surface area contributed by atoms with E-state index in [-0.39, 0.29) is 18.1 Å². The Bertz CT molecular complexity index is 986. The number of carbonyl (C=O) groups excluding carboxylic acids is 1. The summed E-state index contributed by atoms with van der Waals surface area (Å²) in [5, 5.41) is 4.70. The second-order valence-electron chi connectivity index (χ2n) is 7.01. The summed E-state index contributed by atoms with van der Waals surface area (Å²) >= 11 is 0. The van der Waals surface area contributed by atoms with Crippen LogP contribution in [0.25, 0.3) is 0 Å². The number of rotatable bonds is 6. The van der Waals surface area contributed by atoms with Gasteiger partial charge in [-0.25, -0.2) is 9.37 Å². The topological polar surface area (TPSA) is 60.2 Å². The third kappa shape index (κ3) is 4.29. The average molecular weight is 394 g/mol. The minimum absolute atomic E-state index is 0.0306. The number of aryl methyl sites for hydroxylation is 1. The van der Waals surface area contributed by atoms with Gasteiger partial charge in [0, 0.05) is 49.6 Å². The third-order valence-corrected chi connectivity index (χ3v) is 5.13. The van der Waals surface area contributed by atoms with Crippen LogP contribution < -0.4 is 4.74 Å². The molecule has 0 fully saturated rings. The number of hydrogen-bond donors (Lipinski definition) is 0. The van der Waals surface area contributed by atoms with Gasteiger partial charge in [-0.3, -0.25) is 9.48 Å². The van der Waals surface area contributed by atoms with Crippen molar-refractivity contribution < 1.29 is 13.9 Å². The predicted molar refractivity (Wildman–Crippen MR) is 106 cm³/mol. The molecule has 3 heterocycles. The Morgan fingerprint density at radius 2 is 2.03 bits per heavy atom. The minimum atomic E-state index is -0.298. The molecule has 6 nitrogen and oxygen atoms in total. The molecule has 0 saturated carbocycles. The van der Waals surface area contributed by atoms with Crippen molar-refractivity contribution in [1.29, 1.82) is 0 Å². The van der Waals surface area contributed by atoms with Gasteiger partial charge in [-0.1, -0.05) is 18.2 Å². The highest BCUT2D eigenvalue weighted by atomic mass is 19.1. The van der Waals surface area contributed by atoms with E-state index in [1.54, 1.807) is 18.3 Å². The number of benzene rings is 1. The Morgan fingerprint density at radius 1 is 1.21 bits per heavy atom. The Labute approximate surface area is 168 Å². The Kier molecular flexibility index (Phi) is 5.55. The van der Waals surface area contributed by atoms with Crippen LogP contribution in [0.1, 0.15) is 29.4 Å². The summed E-state index contributed by atoms with van der Waals surface area (Å²) in [6.45, 7) is 4.31. The largest absolute Gasteiger partial charge is 0.471 e. The van der Waals surface area contributed by atoms with Crippen LogP contribution in [-0.4, -0.2) is 32.1 Å². The number of hydrogen-bond acceptors (Lipinski definition) is 4. The van der Waals surface area contributed by atoms with Gasteiger partial charge in [0.1, 0.15) is 18.1 Å². The van der Waals surface area contributed by atoms with E-state index in [2.05, 4.69) is 11.9 Å². The second kappa shape index (κ2) is 8.43. The van der Waals surface area contributed by atoms with E-state index in [1.807, 2.05) is 27.8 Å². The molecule has 1 amide bonds. The molecule has 0 atom stereocenters. The number of nitrogens with zero attached hydrogens (tertiary/aromatic N) is 4. The Hall–Kier alpha value is -3.22. The zero-order valence-corrected chi connectivity index (χ0v) is 16.3. The molecule has 1 aliphatic rings. The van der Waals surface area contributed by atoms with E-state index in [0.717, 1.165) is 35.5 Å². The molecule has 2 aromatic heterocycles. The number of aromatic nitrogens is 3. The van der Waals surface area contributed by atoms with E-state index in [0.29, 0.717) is 25.6 Å².